The Morgan fingerprint density at radius 2 is 1.84 bits per heavy atom. The van der Waals surface area contributed by atoms with Crippen LogP contribution < -0.4 is 5.32 Å². The van der Waals surface area contributed by atoms with Crippen LogP contribution in [0.15, 0.2) is 35.2 Å². The lowest BCUT2D eigenvalue weighted by Crippen LogP contribution is -2.30. The molecule has 1 aromatic carbocycles. The second-order valence-electron chi connectivity index (χ2n) is 8.22. The number of sulfonamides is 1. The van der Waals surface area contributed by atoms with Crippen molar-refractivity contribution in [2.24, 2.45) is 5.41 Å². The number of ketones is 1. The molecule has 0 bridgehead atoms. The molecule has 2 aromatic rings. The van der Waals surface area contributed by atoms with E-state index in [1.54, 1.807) is 32.1 Å². The summed E-state index contributed by atoms with van der Waals surface area (Å²) in [6, 6.07) is 6.38. The second-order valence-corrected chi connectivity index (χ2v) is 11.2. The second kappa shape index (κ2) is 9.02. The molecule has 1 aromatic heterocycles. The van der Waals surface area contributed by atoms with Crippen LogP contribution in [0.25, 0.3) is 6.08 Å². The molecule has 0 radical (unpaired) electrons. The molecule has 166 valence electrons. The van der Waals surface area contributed by atoms with Gasteiger partial charge in [-0.2, -0.15) is 4.31 Å². The monoisotopic (exact) mass is 461 g/mol. The molecule has 0 saturated heterocycles. The van der Waals surface area contributed by atoms with Gasteiger partial charge in [0.2, 0.25) is 15.9 Å². The van der Waals surface area contributed by atoms with Crippen LogP contribution in [0, 0.1) is 5.41 Å². The van der Waals surface area contributed by atoms with Crippen molar-refractivity contribution in [1.29, 1.82) is 0 Å². The minimum atomic E-state index is -3.51. The summed E-state index contributed by atoms with van der Waals surface area (Å²) in [4.78, 5) is 29.8. The van der Waals surface area contributed by atoms with E-state index in [0.29, 0.717) is 41.5 Å². The Morgan fingerprint density at radius 1 is 1.19 bits per heavy atom. The standard InChI is InChI=1S/C22H27N3O4S2/c1-5-25(6-2)31(28,29)16-10-7-15(8-11-16)9-12-19(27)24-21-23-17-13-22(3,4)14-18(26)20(17)30-21/h7-12H,5-6,13-14H2,1-4H3,(H,23,24,27)/b12-9-. The number of fused-ring (bicyclic) bond motifs is 1. The Hall–Kier alpha value is -2.36. The Balaban J connectivity index is 1.67. The minimum absolute atomic E-state index is 0.0690. The van der Waals surface area contributed by atoms with Crippen LogP contribution in [-0.4, -0.2) is 42.5 Å². The fraction of sp³-hybridized carbons (Fsp3) is 0.409. The Labute approximate surface area is 187 Å². The highest BCUT2D eigenvalue weighted by atomic mass is 32.2. The summed E-state index contributed by atoms with van der Waals surface area (Å²) in [5, 5.41) is 3.12. The molecule has 0 saturated carbocycles. The highest BCUT2D eigenvalue weighted by molar-refractivity contribution is 7.89. The summed E-state index contributed by atoms with van der Waals surface area (Å²) in [5.41, 5.74) is 1.32. The highest BCUT2D eigenvalue weighted by Gasteiger charge is 2.34. The minimum Gasteiger partial charge on any atom is -0.298 e. The quantitative estimate of drug-likeness (QED) is 0.629. The summed E-state index contributed by atoms with van der Waals surface area (Å²) in [7, 11) is -3.51. The Morgan fingerprint density at radius 3 is 2.45 bits per heavy atom. The van der Waals surface area contributed by atoms with Crippen LogP contribution in [0.5, 0.6) is 0 Å². The molecule has 0 unspecified atom stereocenters. The number of hydrogen-bond acceptors (Lipinski definition) is 6. The van der Waals surface area contributed by atoms with Gasteiger partial charge in [0.05, 0.1) is 15.5 Å². The van der Waals surface area contributed by atoms with Crippen LogP contribution in [0.1, 0.15) is 55.0 Å². The zero-order chi connectivity index (χ0) is 22.8. The number of nitrogens with one attached hydrogen (secondary N) is 1. The number of nitrogens with zero attached hydrogens (tertiary/aromatic N) is 2. The Bertz CT molecular complexity index is 1110. The number of thiazole rings is 1. The molecule has 0 atom stereocenters. The largest absolute Gasteiger partial charge is 0.298 e. The van der Waals surface area contributed by atoms with Gasteiger partial charge in [0.15, 0.2) is 10.9 Å². The van der Waals surface area contributed by atoms with Crippen molar-refractivity contribution in [3.63, 3.8) is 0 Å². The topological polar surface area (TPSA) is 96.4 Å². The van der Waals surface area contributed by atoms with E-state index >= 15 is 0 Å². The number of anilines is 1. The van der Waals surface area contributed by atoms with Gasteiger partial charge in [0.25, 0.3) is 0 Å². The average Bonchev–Trinajstić information content (AvgIpc) is 3.08. The zero-order valence-corrected chi connectivity index (χ0v) is 19.8. The van der Waals surface area contributed by atoms with Crippen LogP contribution in [0.4, 0.5) is 5.13 Å². The van der Waals surface area contributed by atoms with Gasteiger partial charge in [-0.1, -0.05) is 51.2 Å². The molecule has 0 fully saturated rings. The molecule has 0 spiro atoms. The summed E-state index contributed by atoms with van der Waals surface area (Å²) < 4.78 is 26.5. The van der Waals surface area contributed by atoms with Crippen molar-refractivity contribution >= 4 is 44.3 Å². The lowest BCUT2D eigenvalue weighted by atomic mass is 9.78. The predicted octanol–water partition coefficient (Wildman–Crippen LogP) is 3.98. The first-order valence-corrected chi connectivity index (χ1v) is 12.4. The van der Waals surface area contributed by atoms with E-state index in [1.807, 2.05) is 13.8 Å². The fourth-order valence-corrected chi connectivity index (χ4v) is 5.94. The third-order valence-corrected chi connectivity index (χ3v) is 8.23. The summed E-state index contributed by atoms with van der Waals surface area (Å²) in [5.74, 6) is -0.294. The smallest absolute Gasteiger partial charge is 0.250 e. The number of carbonyl (C=O) groups excluding carboxylic acids is 2. The number of aromatic nitrogens is 1. The molecule has 1 aliphatic rings. The lowest BCUT2D eigenvalue weighted by Gasteiger charge is -2.26. The van der Waals surface area contributed by atoms with Crippen molar-refractivity contribution in [3.8, 4) is 0 Å². The van der Waals surface area contributed by atoms with E-state index in [0.717, 1.165) is 5.69 Å². The predicted molar refractivity (Wildman–Crippen MR) is 123 cm³/mol. The maximum atomic E-state index is 12.5. The number of carbonyl (C=O) groups is 2. The van der Waals surface area contributed by atoms with Crippen molar-refractivity contribution in [1.82, 2.24) is 9.29 Å². The van der Waals surface area contributed by atoms with Gasteiger partial charge in [-0.25, -0.2) is 13.4 Å². The SMILES string of the molecule is CCN(CC)S(=O)(=O)c1ccc(/C=C\C(=O)Nc2nc3c(s2)C(=O)CC(C)(C)C3)cc1. The van der Waals surface area contributed by atoms with E-state index in [4.69, 9.17) is 0 Å². The van der Waals surface area contributed by atoms with Gasteiger partial charge in [0.1, 0.15) is 0 Å². The normalized spacial score (nSPS) is 16.0. The molecular weight excluding hydrogens is 434 g/mol. The third kappa shape index (κ3) is 5.28. The van der Waals surface area contributed by atoms with Gasteiger partial charge in [-0.05, 0) is 35.6 Å². The van der Waals surface area contributed by atoms with E-state index in [1.165, 1.54) is 33.9 Å². The summed E-state index contributed by atoms with van der Waals surface area (Å²) in [6.07, 6.45) is 4.15. The summed E-state index contributed by atoms with van der Waals surface area (Å²) >= 11 is 1.21. The number of rotatable bonds is 7. The molecule has 31 heavy (non-hydrogen) atoms. The van der Waals surface area contributed by atoms with Crippen LogP contribution in [0.3, 0.4) is 0 Å². The first-order valence-electron chi connectivity index (χ1n) is 10.2. The van der Waals surface area contributed by atoms with Crippen molar-refractivity contribution in [2.75, 3.05) is 18.4 Å². The van der Waals surface area contributed by atoms with Gasteiger partial charge < -0.3 is 0 Å². The maximum Gasteiger partial charge on any atom is 0.250 e. The first kappa shape index (κ1) is 23.3. The van der Waals surface area contributed by atoms with Gasteiger partial charge in [0, 0.05) is 25.6 Å². The molecule has 1 amide bonds. The molecule has 7 nitrogen and oxygen atoms in total. The summed E-state index contributed by atoms with van der Waals surface area (Å²) in [6.45, 7) is 8.48. The lowest BCUT2D eigenvalue weighted by molar-refractivity contribution is -0.111. The number of Topliss-reactive ketones (excluding diaryl/α,β-unsaturated/α-hetero) is 1. The van der Waals surface area contributed by atoms with Crippen molar-refractivity contribution < 1.29 is 18.0 Å². The zero-order valence-electron chi connectivity index (χ0n) is 18.1. The molecule has 0 aliphatic heterocycles. The van der Waals surface area contributed by atoms with Crippen LogP contribution in [0.2, 0.25) is 0 Å². The maximum absolute atomic E-state index is 12.5. The van der Waals surface area contributed by atoms with Crippen molar-refractivity contribution in [3.05, 3.63) is 46.5 Å². The van der Waals surface area contributed by atoms with E-state index in [9.17, 15) is 18.0 Å². The van der Waals surface area contributed by atoms with Crippen LogP contribution >= 0.6 is 11.3 Å². The molecule has 1 N–H and O–H groups in total. The van der Waals surface area contributed by atoms with Gasteiger partial charge in [-0.3, -0.25) is 14.9 Å². The molecule has 9 heteroatoms. The molecular formula is C22H27N3O4S2. The molecule has 1 aliphatic carbocycles. The Kier molecular flexibility index (Phi) is 6.78. The van der Waals surface area contributed by atoms with Crippen molar-refractivity contribution in [2.45, 2.75) is 45.4 Å². The fourth-order valence-electron chi connectivity index (χ4n) is 3.56. The average molecular weight is 462 g/mol. The van der Waals surface area contributed by atoms with Gasteiger partial charge in [-0.15, -0.1) is 0 Å². The first-order chi connectivity index (χ1) is 14.6. The number of amides is 1. The number of benzene rings is 1. The highest BCUT2D eigenvalue weighted by Crippen LogP contribution is 2.38. The van der Waals surface area contributed by atoms with Crippen LogP contribution in [-0.2, 0) is 21.2 Å². The van der Waals surface area contributed by atoms with Gasteiger partial charge >= 0.3 is 0 Å². The van der Waals surface area contributed by atoms with E-state index < -0.39 is 10.0 Å². The number of hydrogen-bond donors (Lipinski definition) is 1. The van der Waals surface area contributed by atoms with E-state index in [2.05, 4.69) is 10.3 Å². The molecule has 1 heterocycles. The third-order valence-electron chi connectivity index (χ3n) is 5.12. The van der Waals surface area contributed by atoms with E-state index in [-0.39, 0.29) is 22.0 Å². The molecule has 3 rings (SSSR count).